The van der Waals surface area contributed by atoms with E-state index in [1.165, 1.54) is 0 Å². The zero-order chi connectivity index (χ0) is 15.0. The molecule has 0 aliphatic carbocycles. The number of hydrogen-bond donors (Lipinski definition) is 1. The Morgan fingerprint density at radius 1 is 1.23 bits per heavy atom. The van der Waals surface area contributed by atoms with Gasteiger partial charge in [0.1, 0.15) is 17.0 Å². The first kappa shape index (κ1) is 14.3. The van der Waals surface area contributed by atoms with Crippen molar-refractivity contribution in [2.24, 2.45) is 5.41 Å². The van der Waals surface area contributed by atoms with Crippen molar-refractivity contribution < 1.29 is 9.84 Å². The van der Waals surface area contributed by atoms with E-state index >= 15 is 0 Å². The van der Waals surface area contributed by atoms with Gasteiger partial charge in [-0.2, -0.15) is 0 Å². The molecule has 22 heavy (non-hydrogen) atoms. The molecule has 2 aliphatic heterocycles. The highest BCUT2D eigenvalue weighted by Crippen LogP contribution is 2.30. The van der Waals surface area contributed by atoms with Gasteiger partial charge in [0.15, 0.2) is 0 Å². The predicted molar refractivity (Wildman–Crippen MR) is 86.4 cm³/mol. The summed E-state index contributed by atoms with van der Waals surface area (Å²) >= 11 is 1.66. The van der Waals surface area contributed by atoms with Gasteiger partial charge in [0.2, 0.25) is 0 Å². The second-order valence-corrected chi connectivity index (χ2v) is 7.15. The van der Waals surface area contributed by atoms with Gasteiger partial charge in [-0.05, 0) is 11.4 Å². The molecule has 2 aromatic rings. The van der Waals surface area contributed by atoms with E-state index in [-0.39, 0.29) is 12.0 Å². The fourth-order valence-electron chi connectivity index (χ4n) is 3.24. The molecule has 6 nitrogen and oxygen atoms in total. The SMILES string of the molecule is OCC1(CN2CCN(c3ncnc4sccc34)CC2)COC1. The predicted octanol–water partition coefficient (Wildman–Crippen LogP) is 0.822. The summed E-state index contributed by atoms with van der Waals surface area (Å²) < 4.78 is 5.29. The van der Waals surface area contributed by atoms with Gasteiger partial charge in [-0.25, -0.2) is 9.97 Å². The quantitative estimate of drug-likeness (QED) is 0.900. The van der Waals surface area contributed by atoms with Gasteiger partial charge in [-0.3, -0.25) is 4.90 Å². The number of thiophene rings is 1. The van der Waals surface area contributed by atoms with Crippen LogP contribution in [0.5, 0.6) is 0 Å². The number of aliphatic hydroxyl groups excluding tert-OH is 1. The molecule has 0 bridgehead atoms. The largest absolute Gasteiger partial charge is 0.396 e. The van der Waals surface area contributed by atoms with Crippen LogP contribution in [0, 0.1) is 5.41 Å². The number of aromatic nitrogens is 2. The number of rotatable bonds is 4. The maximum absolute atomic E-state index is 9.56. The third kappa shape index (κ3) is 2.48. The minimum atomic E-state index is -0.0300. The summed E-state index contributed by atoms with van der Waals surface area (Å²) in [5, 5.41) is 12.8. The summed E-state index contributed by atoms with van der Waals surface area (Å²) in [5.41, 5.74) is -0.0300. The first-order valence-corrected chi connectivity index (χ1v) is 8.52. The zero-order valence-corrected chi connectivity index (χ0v) is 13.3. The van der Waals surface area contributed by atoms with E-state index in [1.54, 1.807) is 17.7 Å². The van der Waals surface area contributed by atoms with Crippen molar-refractivity contribution in [3.63, 3.8) is 0 Å². The lowest BCUT2D eigenvalue weighted by atomic mass is 9.86. The molecule has 0 spiro atoms. The van der Waals surface area contributed by atoms with E-state index in [2.05, 4.69) is 31.2 Å². The Morgan fingerprint density at radius 3 is 2.73 bits per heavy atom. The normalized spacial score (nSPS) is 22.0. The highest BCUT2D eigenvalue weighted by Gasteiger charge is 2.40. The van der Waals surface area contributed by atoms with Crippen molar-refractivity contribution >= 4 is 27.4 Å². The molecule has 1 N–H and O–H groups in total. The van der Waals surface area contributed by atoms with Gasteiger partial charge < -0.3 is 14.7 Å². The standard InChI is InChI=1S/C15H20N4O2S/c20-8-15(9-21-10-15)7-18-2-4-19(5-3-18)13-12-1-6-22-14(12)17-11-16-13/h1,6,11,20H,2-5,7-10H2. The van der Waals surface area contributed by atoms with E-state index in [4.69, 9.17) is 4.74 Å². The Balaban J connectivity index is 1.42. The van der Waals surface area contributed by atoms with Gasteiger partial charge in [0.05, 0.1) is 30.6 Å². The summed E-state index contributed by atoms with van der Waals surface area (Å²) in [4.78, 5) is 14.6. The maximum atomic E-state index is 9.56. The van der Waals surface area contributed by atoms with Crippen molar-refractivity contribution in [2.75, 3.05) is 57.4 Å². The summed E-state index contributed by atoms with van der Waals surface area (Å²) in [6.07, 6.45) is 1.66. The molecule has 118 valence electrons. The van der Waals surface area contributed by atoms with Crippen LogP contribution in [0.3, 0.4) is 0 Å². The van der Waals surface area contributed by atoms with Gasteiger partial charge in [0, 0.05) is 32.7 Å². The van der Waals surface area contributed by atoms with Gasteiger partial charge in [-0.1, -0.05) is 0 Å². The molecule has 0 radical (unpaired) electrons. The van der Waals surface area contributed by atoms with Crippen molar-refractivity contribution in [2.45, 2.75) is 0 Å². The van der Waals surface area contributed by atoms with Crippen LogP contribution < -0.4 is 4.90 Å². The first-order valence-electron chi connectivity index (χ1n) is 7.64. The molecule has 2 fully saturated rings. The average Bonchev–Trinajstić information content (AvgIpc) is 3.00. The molecule has 0 atom stereocenters. The summed E-state index contributed by atoms with van der Waals surface area (Å²) in [6, 6.07) is 2.11. The second-order valence-electron chi connectivity index (χ2n) is 6.25. The van der Waals surface area contributed by atoms with Crippen molar-refractivity contribution in [1.82, 2.24) is 14.9 Å². The van der Waals surface area contributed by atoms with Crippen LogP contribution in [-0.4, -0.2) is 72.5 Å². The molecule has 0 saturated carbocycles. The average molecular weight is 320 g/mol. The minimum absolute atomic E-state index is 0.0300. The number of hydrogen-bond acceptors (Lipinski definition) is 7. The highest BCUT2D eigenvalue weighted by molar-refractivity contribution is 7.16. The van der Waals surface area contributed by atoms with E-state index in [1.807, 2.05) is 0 Å². The zero-order valence-electron chi connectivity index (χ0n) is 12.4. The molecule has 7 heteroatoms. The summed E-state index contributed by atoms with van der Waals surface area (Å²) in [5.74, 6) is 1.05. The van der Waals surface area contributed by atoms with Crippen LogP contribution >= 0.6 is 11.3 Å². The van der Waals surface area contributed by atoms with Gasteiger partial charge in [0.25, 0.3) is 0 Å². The molecular formula is C15H20N4O2S. The molecule has 0 aromatic carbocycles. The lowest BCUT2D eigenvalue weighted by Gasteiger charge is -2.45. The van der Waals surface area contributed by atoms with Crippen LogP contribution in [-0.2, 0) is 4.74 Å². The lowest BCUT2D eigenvalue weighted by molar-refractivity contribution is -0.148. The molecule has 4 heterocycles. The van der Waals surface area contributed by atoms with Crippen molar-refractivity contribution in [3.8, 4) is 0 Å². The number of ether oxygens (including phenoxy) is 1. The highest BCUT2D eigenvalue weighted by atomic mass is 32.1. The number of anilines is 1. The lowest BCUT2D eigenvalue weighted by Crippen LogP contribution is -2.57. The van der Waals surface area contributed by atoms with Crippen molar-refractivity contribution in [3.05, 3.63) is 17.8 Å². The number of fused-ring (bicyclic) bond motifs is 1. The van der Waals surface area contributed by atoms with Crippen LogP contribution in [0.1, 0.15) is 0 Å². The first-order chi connectivity index (χ1) is 10.8. The molecule has 4 rings (SSSR count). The second kappa shape index (κ2) is 5.73. The molecule has 0 amide bonds. The van der Waals surface area contributed by atoms with Crippen LogP contribution in [0.25, 0.3) is 10.2 Å². The Kier molecular flexibility index (Phi) is 3.73. The smallest absolute Gasteiger partial charge is 0.140 e. The van der Waals surface area contributed by atoms with E-state index < -0.39 is 0 Å². The molecular weight excluding hydrogens is 300 g/mol. The van der Waals surface area contributed by atoms with Crippen LogP contribution in [0.4, 0.5) is 5.82 Å². The molecule has 2 saturated heterocycles. The Morgan fingerprint density at radius 2 is 2.05 bits per heavy atom. The van der Waals surface area contributed by atoms with Crippen molar-refractivity contribution in [1.29, 1.82) is 0 Å². The third-order valence-electron chi connectivity index (χ3n) is 4.62. The number of nitrogens with zero attached hydrogens (tertiary/aromatic N) is 4. The van der Waals surface area contributed by atoms with Gasteiger partial charge >= 0.3 is 0 Å². The fourth-order valence-corrected chi connectivity index (χ4v) is 3.97. The topological polar surface area (TPSA) is 61.7 Å². The number of aliphatic hydroxyl groups is 1. The van der Waals surface area contributed by atoms with Crippen LogP contribution in [0.15, 0.2) is 17.8 Å². The van der Waals surface area contributed by atoms with Crippen LogP contribution in [0.2, 0.25) is 0 Å². The van der Waals surface area contributed by atoms with E-state index in [0.29, 0.717) is 13.2 Å². The molecule has 2 aromatic heterocycles. The molecule has 0 unspecified atom stereocenters. The summed E-state index contributed by atoms with van der Waals surface area (Å²) in [7, 11) is 0. The Hall–Kier alpha value is -1.28. The maximum Gasteiger partial charge on any atom is 0.140 e. The minimum Gasteiger partial charge on any atom is -0.396 e. The Bertz CT molecular complexity index is 644. The summed E-state index contributed by atoms with van der Waals surface area (Å²) in [6.45, 7) is 6.43. The van der Waals surface area contributed by atoms with E-state index in [9.17, 15) is 5.11 Å². The molecule has 2 aliphatic rings. The Labute approximate surface area is 133 Å². The number of piperazine rings is 1. The van der Waals surface area contributed by atoms with Gasteiger partial charge in [-0.15, -0.1) is 11.3 Å². The van der Waals surface area contributed by atoms with E-state index in [0.717, 1.165) is 48.8 Å². The monoisotopic (exact) mass is 320 g/mol. The third-order valence-corrected chi connectivity index (χ3v) is 5.44. The fraction of sp³-hybridized carbons (Fsp3) is 0.600.